The predicted molar refractivity (Wildman–Crippen MR) is 154 cm³/mol. The number of nitrogens with one attached hydrogen (secondary N) is 2. The van der Waals surface area contributed by atoms with Crippen molar-refractivity contribution in [3.63, 3.8) is 0 Å². The molecule has 3 rings (SSSR count). The summed E-state index contributed by atoms with van der Waals surface area (Å²) in [5, 5.41) is 7.53. The highest BCUT2D eigenvalue weighted by Gasteiger charge is 2.14. The summed E-state index contributed by atoms with van der Waals surface area (Å²) >= 11 is 15.7. The fourth-order valence-corrected chi connectivity index (χ4v) is 4.35. The number of nitrogens with zero attached hydrogens (tertiary/aromatic N) is 1. The average molecular weight is 639 g/mol. The molecule has 0 radical (unpaired) electrons. The molecule has 0 aliphatic rings. The molecule has 9 nitrogen and oxygen atoms in total. The van der Waals surface area contributed by atoms with E-state index in [-0.39, 0.29) is 13.2 Å². The van der Waals surface area contributed by atoms with Gasteiger partial charge >= 0.3 is 0 Å². The maximum Gasteiger partial charge on any atom is 0.259 e. The highest BCUT2D eigenvalue weighted by atomic mass is 79.9. The molecule has 0 aliphatic heterocycles. The van der Waals surface area contributed by atoms with Crippen LogP contribution in [0.1, 0.15) is 28.4 Å². The molecule has 0 atom stereocenters. The van der Waals surface area contributed by atoms with Gasteiger partial charge in [-0.15, -0.1) is 0 Å². The van der Waals surface area contributed by atoms with Crippen molar-refractivity contribution < 1.29 is 28.5 Å². The van der Waals surface area contributed by atoms with E-state index in [4.69, 9.17) is 42.1 Å². The van der Waals surface area contributed by atoms with Crippen LogP contribution in [-0.2, 0) is 11.4 Å². The summed E-state index contributed by atoms with van der Waals surface area (Å²) in [5.41, 5.74) is 4.10. The van der Waals surface area contributed by atoms with Gasteiger partial charge in [-0.05, 0) is 70.9 Å². The summed E-state index contributed by atoms with van der Waals surface area (Å²) in [5.74, 6) is 0.904. The van der Waals surface area contributed by atoms with E-state index in [1.807, 2.05) is 6.92 Å². The third-order valence-corrected chi connectivity index (χ3v) is 6.35. The lowest BCUT2D eigenvalue weighted by molar-refractivity contribution is -0.120. The van der Waals surface area contributed by atoms with E-state index < -0.39 is 11.8 Å². The molecule has 0 saturated heterocycles. The first-order chi connectivity index (χ1) is 18.7. The molecule has 3 aromatic rings. The third-order valence-electron chi connectivity index (χ3n) is 5.18. The second-order valence-electron chi connectivity index (χ2n) is 7.83. The molecule has 12 heteroatoms. The van der Waals surface area contributed by atoms with Crippen molar-refractivity contribution in [2.24, 2.45) is 5.10 Å². The van der Waals surface area contributed by atoms with Gasteiger partial charge in [0.1, 0.15) is 6.61 Å². The number of carbonyl (C=O) groups excluding carboxylic acids is 2. The van der Waals surface area contributed by atoms with Gasteiger partial charge in [0.2, 0.25) is 0 Å². The highest BCUT2D eigenvalue weighted by Crippen LogP contribution is 2.37. The minimum atomic E-state index is -0.510. The molecule has 0 fully saturated rings. The maximum atomic E-state index is 12.4. The minimum Gasteiger partial charge on any atom is -0.493 e. The van der Waals surface area contributed by atoms with Gasteiger partial charge in [-0.3, -0.25) is 9.59 Å². The smallest absolute Gasteiger partial charge is 0.259 e. The first-order valence-corrected chi connectivity index (χ1v) is 13.2. The molecule has 2 amide bonds. The first kappa shape index (κ1) is 30.1. The Labute approximate surface area is 244 Å². The van der Waals surface area contributed by atoms with Gasteiger partial charge in [0, 0.05) is 21.2 Å². The van der Waals surface area contributed by atoms with Crippen molar-refractivity contribution >= 4 is 57.2 Å². The van der Waals surface area contributed by atoms with E-state index in [0.717, 1.165) is 5.56 Å². The average Bonchev–Trinajstić information content (AvgIpc) is 2.92. The van der Waals surface area contributed by atoms with Crippen molar-refractivity contribution in [3.8, 4) is 23.0 Å². The summed E-state index contributed by atoms with van der Waals surface area (Å²) in [7, 11) is 2.97. The second kappa shape index (κ2) is 14.6. The lowest BCUT2D eigenvalue weighted by Crippen LogP contribution is -2.34. The molecular formula is C27H26BrCl2N3O6. The molecule has 0 aliphatic carbocycles. The number of halogens is 3. The Morgan fingerprint density at radius 3 is 2.44 bits per heavy atom. The minimum absolute atomic E-state index is 0.202. The molecular weight excluding hydrogens is 613 g/mol. The van der Waals surface area contributed by atoms with Crippen LogP contribution < -0.4 is 29.7 Å². The zero-order chi connectivity index (χ0) is 28.4. The van der Waals surface area contributed by atoms with E-state index in [9.17, 15) is 9.59 Å². The summed E-state index contributed by atoms with van der Waals surface area (Å²) in [4.78, 5) is 24.6. The van der Waals surface area contributed by atoms with Crippen LogP contribution in [0, 0.1) is 0 Å². The van der Waals surface area contributed by atoms with Gasteiger partial charge in [-0.1, -0.05) is 29.3 Å². The van der Waals surface area contributed by atoms with E-state index >= 15 is 0 Å². The third kappa shape index (κ3) is 8.51. The number of hydrazone groups is 1. The number of benzene rings is 3. The molecule has 0 spiro atoms. The summed E-state index contributed by atoms with van der Waals surface area (Å²) in [6.07, 6.45) is 1.45. The fraction of sp³-hybridized carbons (Fsp3) is 0.222. The normalized spacial score (nSPS) is 10.7. The van der Waals surface area contributed by atoms with Gasteiger partial charge in [0.15, 0.2) is 23.0 Å². The number of hydrogen-bond donors (Lipinski definition) is 2. The molecule has 0 saturated carbocycles. The number of carbonyl (C=O) groups is 2. The zero-order valence-corrected chi connectivity index (χ0v) is 24.4. The van der Waals surface area contributed by atoms with Gasteiger partial charge < -0.3 is 24.3 Å². The van der Waals surface area contributed by atoms with E-state index in [2.05, 4.69) is 31.8 Å². The zero-order valence-electron chi connectivity index (χ0n) is 21.3. The molecule has 39 heavy (non-hydrogen) atoms. The van der Waals surface area contributed by atoms with Crippen molar-refractivity contribution in [2.75, 3.05) is 27.4 Å². The Balaban J connectivity index is 1.59. The number of rotatable bonds is 12. The number of ether oxygens (including phenoxy) is 4. The standard InChI is InChI=1S/C27H26BrCl2N3O6/c1-4-38-24-10-16(9-20(28)26(24)39-15-18-5-7-19(29)12-21(18)30)13-32-33-25(34)14-31-27(35)17-6-8-22(36-2)23(11-17)37-3/h5-13H,4,14-15H2,1-3H3,(H,31,35)(H,33,34)/b32-13+. The van der Waals surface area contributed by atoms with Crippen LogP contribution in [0.25, 0.3) is 0 Å². The SMILES string of the molecule is CCOc1cc(/C=N/NC(=O)CNC(=O)c2ccc(OC)c(OC)c2)cc(Br)c1OCc1ccc(Cl)cc1Cl. The van der Waals surface area contributed by atoms with Crippen molar-refractivity contribution in [1.29, 1.82) is 0 Å². The van der Waals surface area contributed by atoms with Crippen molar-refractivity contribution in [2.45, 2.75) is 13.5 Å². The quantitative estimate of drug-likeness (QED) is 0.197. The first-order valence-electron chi connectivity index (χ1n) is 11.6. The molecule has 0 unspecified atom stereocenters. The number of hydrogen-bond acceptors (Lipinski definition) is 7. The monoisotopic (exact) mass is 637 g/mol. The lowest BCUT2D eigenvalue weighted by atomic mass is 10.2. The molecule has 0 aromatic heterocycles. The Morgan fingerprint density at radius 2 is 1.74 bits per heavy atom. The van der Waals surface area contributed by atoms with Crippen LogP contribution >= 0.6 is 39.1 Å². The Morgan fingerprint density at radius 1 is 0.974 bits per heavy atom. The van der Waals surface area contributed by atoms with Crippen LogP contribution in [-0.4, -0.2) is 45.4 Å². The second-order valence-corrected chi connectivity index (χ2v) is 9.53. The molecule has 0 heterocycles. The van der Waals surface area contributed by atoms with Crippen LogP contribution in [0.15, 0.2) is 58.1 Å². The molecule has 206 valence electrons. The van der Waals surface area contributed by atoms with Crippen molar-refractivity contribution in [3.05, 3.63) is 79.7 Å². The molecule has 3 aromatic carbocycles. The lowest BCUT2D eigenvalue weighted by Gasteiger charge is -2.15. The topological polar surface area (TPSA) is 107 Å². The van der Waals surface area contributed by atoms with Crippen LogP contribution in [0.3, 0.4) is 0 Å². The summed E-state index contributed by atoms with van der Waals surface area (Å²) < 4.78 is 22.7. The molecule has 0 bridgehead atoms. The fourth-order valence-electron chi connectivity index (χ4n) is 3.31. The van der Waals surface area contributed by atoms with Gasteiger partial charge in [-0.25, -0.2) is 5.43 Å². The largest absolute Gasteiger partial charge is 0.493 e. The summed E-state index contributed by atoms with van der Waals surface area (Å²) in [6.45, 7) is 2.18. The van der Waals surface area contributed by atoms with Crippen LogP contribution in [0.5, 0.6) is 23.0 Å². The van der Waals surface area contributed by atoms with Crippen molar-refractivity contribution in [1.82, 2.24) is 10.7 Å². The van der Waals surface area contributed by atoms with Crippen LogP contribution in [0.4, 0.5) is 0 Å². The Hall–Kier alpha value is -3.47. The Kier molecular flexibility index (Phi) is 11.3. The maximum absolute atomic E-state index is 12.4. The number of methoxy groups -OCH3 is 2. The van der Waals surface area contributed by atoms with Gasteiger partial charge in [-0.2, -0.15) is 5.10 Å². The van der Waals surface area contributed by atoms with E-state index in [0.29, 0.717) is 55.2 Å². The van der Waals surface area contributed by atoms with E-state index in [1.165, 1.54) is 26.5 Å². The van der Waals surface area contributed by atoms with E-state index in [1.54, 1.807) is 42.5 Å². The van der Waals surface area contributed by atoms with Gasteiger partial charge in [0.25, 0.3) is 11.8 Å². The Bertz CT molecular complexity index is 1370. The summed E-state index contributed by atoms with van der Waals surface area (Å²) in [6, 6.07) is 13.4. The van der Waals surface area contributed by atoms with Gasteiger partial charge in [0.05, 0.1) is 38.1 Å². The molecule has 2 N–H and O–H groups in total. The van der Waals surface area contributed by atoms with Crippen LogP contribution in [0.2, 0.25) is 10.0 Å². The number of amides is 2. The highest BCUT2D eigenvalue weighted by molar-refractivity contribution is 9.10. The predicted octanol–water partition coefficient (Wildman–Crippen LogP) is 5.63.